The van der Waals surface area contributed by atoms with Gasteiger partial charge in [0.2, 0.25) is 11.1 Å². The van der Waals surface area contributed by atoms with Gasteiger partial charge in [-0.05, 0) is 11.6 Å². The van der Waals surface area contributed by atoms with E-state index in [0.29, 0.717) is 12.3 Å². The van der Waals surface area contributed by atoms with Gasteiger partial charge in [0.25, 0.3) is 0 Å². The summed E-state index contributed by atoms with van der Waals surface area (Å²) in [5.41, 5.74) is 2.72. The van der Waals surface area contributed by atoms with E-state index in [0.717, 1.165) is 16.7 Å². The van der Waals surface area contributed by atoms with Crippen molar-refractivity contribution in [1.82, 2.24) is 4.72 Å². The Bertz CT molecular complexity index is 572. The first-order valence-corrected chi connectivity index (χ1v) is 6.93. The van der Waals surface area contributed by atoms with E-state index in [1.807, 2.05) is 42.5 Å². The maximum absolute atomic E-state index is 9.59. The van der Waals surface area contributed by atoms with Crippen LogP contribution in [0.15, 0.2) is 42.5 Å². The van der Waals surface area contributed by atoms with Crippen LogP contribution in [-0.4, -0.2) is 9.11 Å². The maximum atomic E-state index is 9.59. The molecule has 18 heavy (non-hydrogen) atoms. The van der Waals surface area contributed by atoms with E-state index < -0.39 is 11.1 Å². The topological polar surface area (TPSA) is 61.7 Å². The van der Waals surface area contributed by atoms with E-state index in [1.165, 1.54) is 0 Å². The molecule has 2 aromatic rings. The number of fused-ring (bicyclic) bond motifs is 1. The molecule has 2 aromatic carbocycles. The fourth-order valence-electron chi connectivity index (χ4n) is 1.93. The van der Waals surface area contributed by atoms with Crippen molar-refractivity contribution in [3.63, 3.8) is 0 Å². The molecule has 0 bridgehead atoms. The largest absolute Gasteiger partial charge is 0.391 e. The summed E-state index contributed by atoms with van der Waals surface area (Å²) in [5, 5.41) is 0. The van der Waals surface area contributed by atoms with Crippen LogP contribution in [0.4, 0.5) is 0 Å². The van der Waals surface area contributed by atoms with Gasteiger partial charge in [-0.15, -0.1) is 0 Å². The van der Waals surface area contributed by atoms with Crippen molar-refractivity contribution in [3.8, 4) is 16.9 Å². The fourth-order valence-corrected chi connectivity index (χ4v) is 2.77. The third-order valence-corrected chi connectivity index (χ3v) is 3.70. The lowest BCUT2D eigenvalue weighted by Gasteiger charge is -2.33. The van der Waals surface area contributed by atoms with Crippen molar-refractivity contribution in [2.45, 2.75) is 6.54 Å². The zero-order chi connectivity index (χ0) is 12.6. The first-order chi connectivity index (χ1) is 8.66. The Morgan fingerprint density at radius 3 is 2.72 bits per heavy atom. The lowest BCUT2D eigenvalue weighted by atomic mass is 10.0. The molecule has 0 atom stereocenters. The van der Waals surface area contributed by atoms with Crippen molar-refractivity contribution in [2.24, 2.45) is 0 Å². The summed E-state index contributed by atoms with van der Waals surface area (Å²) < 4.78 is 27.0. The highest BCUT2D eigenvalue weighted by molar-refractivity contribution is 8.18. The zero-order valence-corrected chi connectivity index (χ0v) is 10.3. The molecule has 0 aromatic heterocycles. The highest BCUT2D eigenvalue weighted by atomic mass is 32.3. The van der Waals surface area contributed by atoms with Crippen LogP contribution in [0, 0.1) is 6.07 Å². The predicted molar refractivity (Wildman–Crippen MR) is 71.0 cm³/mol. The van der Waals surface area contributed by atoms with Crippen LogP contribution >= 0.6 is 11.1 Å². The summed E-state index contributed by atoms with van der Waals surface area (Å²) in [6.07, 6.45) is 0. The molecule has 5 heteroatoms. The molecule has 0 saturated heterocycles. The van der Waals surface area contributed by atoms with Gasteiger partial charge in [-0.2, -0.15) is 0 Å². The second kappa shape index (κ2) is 4.29. The molecule has 1 aliphatic rings. The predicted octanol–water partition coefficient (Wildman–Crippen LogP) is 3.22. The first kappa shape index (κ1) is 11.6. The molecule has 0 amide bonds. The van der Waals surface area contributed by atoms with Crippen LogP contribution in [0.25, 0.3) is 11.1 Å². The summed E-state index contributed by atoms with van der Waals surface area (Å²) in [5.74, 6) is 0.530. The smallest absolute Gasteiger partial charge is 0.203 e. The summed E-state index contributed by atoms with van der Waals surface area (Å²) in [6.45, 7) is 0.379. The van der Waals surface area contributed by atoms with E-state index in [9.17, 15) is 9.11 Å². The molecule has 0 fully saturated rings. The average Bonchev–Trinajstić information content (AvgIpc) is 2.38. The summed E-state index contributed by atoms with van der Waals surface area (Å²) in [6, 6.07) is 16.1. The molecule has 93 valence electrons. The minimum absolute atomic E-state index is 0.379. The second-order valence-corrected chi connectivity index (χ2v) is 5.43. The Kier molecular flexibility index (Phi) is 2.76. The van der Waals surface area contributed by atoms with Gasteiger partial charge in [-0.25, -0.2) is 4.72 Å². The highest BCUT2D eigenvalue weighted by Crippen LogP contribution is 2.46. The molecule has 0 unspecified atom stereocenters. The van der Waals surface area contributed by atoms with E-state index in [-0.39, 0.29) is 0 Å². The maximum Gasteiger partial charge on any atom is 0.203 e. The van der Waals surface area contributed by atoms with Gasteiger partial charge in [0.1, 0.15) is 0 Å². The Labute approximate surface area is 107 Å². The molecule has 0 saturated carbocycles. The third kappa shape index (κ3) is 2.09. The van der Waals surface area contributed by atoms with Crippen molar-refractivity contribution >= 4 is 11.1 Å². The number of hydrogen-bond acceptors (Lipinski definition) is 4. The van der Waals surface area contributed by atoms with Gasteiger partial charge < -0.3 is 4.18 Å². The molecular weight excluding hydrogens is 250 g/mol. The van der Waals surface area contributed by atoms with E-state index in [1.54, 1.807) is 0 Å². The average molecular weight is 262 g/mol. The SMILES string of the molecule is OS1(O)NCc2cccc(-c3cc[c]cc3)c2O1. The molecule has 1 aliphatic heterocycles. The van der Waals surface area contributed by atoms with Gasteiger partial charge in [0, 0.05) is 17.7 Å². The highest BCUT2D eigenvalue weighted by Gasteiger charge is 2.28. The van der Waals surface area contributed by atoms with Crippen LogP contribution < -0.4 is 8.91 Å². The van der Waals surface area contributed by atoms with Crippen molar-refractivity contribution < 1.29 is 13.3 Å². The molecule has 1 heterocycles. The van der Waals surface area contributed by atoms with Crippen LogP contribution in [0.1, 0.15) is 5.56 Å². The Balaban J connectivity index is 2.12. The second-order valence-electron chi connectivity index (χ2n) is 3.98. The van der Waals surface area contributed by atoms with Gasteiger partial charge in [0.05, 0.1) is 0 Å². The van der Waals surface area contributed by atoms with Crippen molar-refractivity contribution in [1.29, 1.82) is 0 Å². The van der Waals surface area contributed by atoms with Gasteiger partial charge in [0.15, 0.2) is 5.75 Å². The number of nitrogens with one attached hydrogen (secondary N) is 1. The monoisotopic (exact) mass is 262 g/mol. The van der Waals surface area contributed by atoms with E-state index in [2.05, 4.69) is 10.8 Å². The lowest BCUT2D eigenvalue weighted by molar-refractivity contribution is 0.355. The molecule has 3 N–H and O–H groups in total. The van der Waals surface area contributed by atoms with Crippen LogP contribution in [-0.2, 0) is 6.54 Å². The minimum atomic E-state index is -3.18. The Morgan fingerprint density at radius 2 is 1.94 bits per heavy atom. The quantitative estimate of drug-likeness (QED) is 0.738. The normalized spacial score (nSPS) is 18.6. The van der Waals surface area contributed by atoms with E-state index >= 15 is 0 Å². The van der Waals surface area contributed by atoms with Crippen molar-refractivity contribution in [2.75, 3.05) is 0 Å². The number of hydrogen-bond donors (Lipinski definition) is 3. The molecule has 0 aliphatic carbocycles. The van der Waals surface area contributed by atoms with Crippen LogP contribution in [0.3, 0.4) is 0 Å². The van der Waals surface area contributed by atoms with E-state index in [4.69, 9.17) is 4.18 Å². The minimum Gasteiger partial charge on any atom is -0.391 e. The molecule has 4 nitrogen and oxygen atoms in total. The number of para-hydroxylation sites is 1. The lowest BCUT2D eigenvalue weighted by Crippen LogP contribution is -2.28. The third-order valence-electron chi connectivity index (χ3n) is 2.78. The van der Waals surface area contributed by atoms with Gasteiger partial charge >= 0.3 is 0 Å². The zero-order valence-electron chi connectivity index (χ0n) is 9.46. The summed E-state index contributed by atoms with van der Waals surface area (Å²) in [4.78, 5) is 0. The number of rotatable bonds is 1. The van der Waals surface area contributed by atoms with Crippen molar-refractivity contribution in [3.05, 3.63) is 54.1 Å². The molecular formula is C13H12NO3S. The molecule has 1 radical (unpaired) electrons. The standard InChI is InChI=1S/C13H12NO3S/c15-18(16)14-9-11-7-4-8-12(13(11)17-18)10-5-2-1-3-6-10/h2-8,14-16H,9H2. The van der Waals surface area contributed by atoms with Crippen LogP contribution in [0.5, 0.6) is 5.75 Å². The molecule has 3 rings (SSSR count). The van der Waals surface area contributed by atoms with Crippen LogP contribution in [0.2, 0.25) is 0 Å². The Hall–Kier alpha value is -1.53. The Morgan fingerprint density at radius 1 is 1.17 bits per heavy atom. The van der Waals surface area contributed by atoms with Gasteiger partial charge in [-0.1, -0.05) is 42.5 Å². The number of benzene rings is 2. The fraction of sp³-hybridized carbons (Fsp3) is 0.0769. The summed E-state index contributed by atoms with van der Waals surface area (Å²) in [7, 11) is 0. The van der Waals surface area contributed by atoms with Gasteiger partial charge in [-0.3, -0.25) is 9.11 Å². The first-order valence-electron chi connectivity index (χ1n) is 5.46. The molecule has 0 spiro atoms. The summed E-state index contributed by atoms with van der Waals surface area (Å²) >= 11 is -3.18.